The molecule has 1 aromatic rings. The molecule has 0 aliphatic carbocycles. The molecule has 0 fully saturated rings. The van der Waals surface area contributed by atoms with Gasteiger partial charge in [0.1, 0.15) is 12.3 Å². The zero-order chi connectivity index (χ0) is 13.5. The number of benzene rings is 1. The number of nitrogens with two attached hydrogens (primary N) is 1. The summed E-state index contributed by atoms with van der Waals surface area (Å²) in [4.78, 5) is 0. The van der Waals surface area contributed by atoms with E-state index in [4.69, 9.17) is 17.3 Å². The smallest absolute Gasteiger partial charge is 0.117 e. The van der Waals surface area contributed by atoms with Gasteiger partial charge in [0.2, 0.25) is 0 Å². The highest BCUT2D eigenvalue weighted by Gasteiger charge is 2.12. The highest BCUT2D eigenvalue weighted by atomic mass is 16.3. The molecule has 0 spiro atoms. The van der Waals surface area contributed by atoms with Gasteiger partial charge in [-0.1, -0.05) is 37.1 Å². The fraction of sp³-hybridized carbons (Fsp3) is 0.467. The van der Waals surface area contributed by atoms with Gasteiger partial charge in [-0.3, -0.25) is 0 Å². The summed E-state index contributed by atoms with van der Waals surface area (Å²) in [5.41, 5.74) is 7.60. The van der Waals surface area contributed by atoms with Crippen LogP contribution in [0.5, 0.6) is 0 Å². The molecule has 0 amide bonds. The van der Waals surface area contributed by atoms with E-state index >= 15 is 0 Å². The molecule has 0 bridgehead atoms. The van der Waals surface area contributed by atoms with Crippen LogP contribution in [0.1, 0.15) is 24.5 Å². The van der Waals surface area contributed by atoms with Crippen molar-refractivity contribution < 1.29 is 10.2 Å². The van der Waals surface area contributed by atoms with E-state index in [0.29, 0.717) is 6.42 Å². The maximum Gasteiger partial charge on any atom is 0.117 e. The molecule has 18 heavy (non-hydrogen) atoms. The molecule has 0 saturated carbocycles. The van der Waals surface area contributed by atoms with Gasteiger partial charge < -0.3 is 15.9 Å². The first kappa shape index (κ1) is 14.7. The monoisotopic (exact) mass is 247 g/mol. The predicted molar refractivity (Wildman–Crippen MR) is 72.7 cm³/mol. The van der Waals surface area contributed by atoms with Crippen molar-refractivity contribution >= 4 is 0 Å². The van der Waals surface area contributed by atoms with E-state index in [0.717, 1.165) is 24.0 Å². The first-order chi connectivity index (χ1) is 8.52. The lowest BCUT2D eigenvalue weighted by Crippen LogP contribution is -2.19. The fourth-order valence-electron chi connectivity index (χ4n) is 1.87. The van der Waals surface area contributed by atoms with E-state index < -0.39 is 12.3 Å². The second kappa shape index (κ2) is 7.17. The maximum absolute atomic E-state index is 9.55. The van der Waals surface area contributed by atoms with E-state index in [1.807, 2.05) is 25.1 Å². The van der Waals surface area contributed by atoms with Gasteiger partial charge >= 0.3 is 0 Å². The molecular formula is C15H21NO2. The molecule has 0 radical (unpaired) electrons. The zero-order valence-electron chi connectivity index (χ0n) is 10.7. The molecule has 3 atom stereocenters. The molecule has 0 saturated heterocycles. The van der Waals surface area contributed by atoms with E-state index in [-0.39, 0.29) is 5.92 Å². The third kappa shape index (κ3) is 4.89. The molecule has 0 aromatic heterocycles. The van der Waals surface area contributed by atoms with Crippen LogP contribution in [0.2, 0.25) is 0 Å². The van der Waals surface area contributed by atoms with Gasteiger partial charge in [0.05, 0.1) is 0 Å². The average molecular weight is 247 g/mol. The molecule has 1 aromatic carbocycles. The van der Waals surface area contributed by atoms with Crippen LogP contribution >= 0.6 is 0 Å². The van der Waals surface area contributed by atoms with Crippen molar-refractivity contribution in [3.05, 3.63) is 35.4 Å². The predicted octanol–water partition coefficient (Wildman–Crippen LogP) is 1.07. The Morgan fingerprint density at radius 1 is 1.33 bits per heavy atom. The number of aliphatic hydroxyl groups excluding tert-OH is 2. The lowest BCUT2D eigenvalue weighted by molar-refractivity contribution is 0.171. The van der Waals surface area contributed by atoms with Gasteiger partial charge in [-0.05, 0) is 36.3 Å². The van der Waals surface area contributed by atoms with Gasteiger partial charge in [0, 0.05) is 0 Å². The van der Waals surface area contributed by atoms with Gasteiger partial charge in [-0.25, -0.2) is 0 Å². The summed E-state index contributed by atoms with van der Waals surface area (Å²) >= 11 is 0. The number of hydrogen-bond acceptors (Lipinski definition) is 3. The van der Waals surface area contributed by atoms with Crippen LogP contribution in [0.15, 0.2) is 24.3 Å². The summed E-state index contributed by atoms with van der Waals surface area (Å²) in [5, 5.41) is 18.6. The van der Waals surface area contributed by atoms with Gasteiger partial charge in [-0.2, -0.15) is 0 Å². The average Bonchev–Trinajstić information content (AvgIpc) is 2.35. The summed E-state index contributed by atoms with van der Waals surface area (Å²) in [6.45, 7) is 1.93. The Kier molecular flexibility index (Phi) is 5.87. The number of hydrogen-bond donors (Lipinski definition) is 3. The summed E-state index contributed by atoms with van der Waals surface area (Å²) in [6, 6.07) is 8.07. The molecule has 1 rings (SSSR count). The molecule has 0 aliphatic rings. The van der Waals surface area contributed by atoms with Crippen LogP contribution < -0.4 is 5.73 Å². The number of rotatable bonds is 6. The lowest BCUT2D eigenvalue weighted by Gasteiger charge is -2.14. The largest absolute Gasteiger partial charge is 0.380 e. The van der Waals surface area contributed by atoms with Crippen LogP contribution in [0.25, 0.3) is 0 Å². The number of aliphatic hydroxyl groups is 2. The van der Waals surface area contributed by atoms with Crippen molar-refractivity contribution in [2.45, 2.75) is 38.5 Å². The highest BCUT2D eigenvalue weighted by molar-refractivity contribution is 5.24. The topological polar surface area (TPSA) is 66.5 Å². The van der Waals surface area contributed by atoms with Gasteiger partial charge in [0.25, 0.3) is 0 Å². The van der Waals surface area contributed by atoms with Crippen LogP contribution in [0.3, 0.4) is 0 Å². The van der Waals surface area contributed by atoms with E-state index in [9.17, 15) is 5.11 Å². The van der Waals surface area contributed by atoms with Crippen molar-refractivity contribution in [1.29, 1.82) is 0 Å². The second-order valence-electron chi connectivity index (χ2n) is 4.72. The summed E-state index contributed by atoms with van der Waals surface area (Å²) in [7, 11) is 0. The molecular weight excluding hydrogens is 226 g/mol. The Labute approximate surface area is 109 Å². The molecule has 0 heterocycles. The van der Waals surface area contributed by atoms with Crippen LogP contribution in [0, 0.1) is 18.3 Å². The van der Waals surface area contributed by atoms with Crippen molar-refractivity contribution in [2.75, 3.05) is 0 Å². The van der Waals surface area contributed by atoms with Crippen molar-refractivity contribution in [1.82, 2.24) is 0 Å². The number of aryl methyl sites for hydroxylation is 1. The quantitative estimate of drug-likeness (QED) is 0.520. The first-order valence-electron chi connectivity index (χ1n) is 6.18. The summed E-state index contributed by atoms with van der Waals surface area (Å²) < 4.78 is 0. The molecule has 98 valence electrons. The van der Waals surface area contributed by atoms with Crippen LogP contribution in [-0.2, 0) is 12.8 Å². The van der Waals surface area contributed by atoms with E-state index in [2.05, 4.69) is 12.0 Å². The highest BCUT2D eigenvalue weighted by Crippen LogP contribution is 2.14. The Morgan fingerprint density at radius 2 is 2.00 bits per heavy atom. The van der Waals surface area contributed by atoms with Crippen LogP contribution in [-0.4, -0.2) is 22.5 Å². The SMILES string of the molecule is C#CC(O)C(C)Cc1cccc(CCC(N)O)c1. The van der Waals surface area contributed by atoms with Crippen molar-refractivity contribution in [3.63, 3.8) is 0 Å². The Morgan fingerprint density at radius 3 is 2.61 bits per heavy atom. The standard InChI is InChI=1S/C15H21NO2/c1-3-14(17)11(2)9-13-6-4-5-12(10-13)7-8-15(16)18/h1,4-6,10-11,14-15,17-18H,7-9,16H2,2H3. The zero-order valence-corrected chi connectivity index (χ0v) is 10.7. The van der Waals surface area contributed by atoms with Gasteiger partial charge in [-0.15, -0.1) is 6.42 Å². The minimum Gasteiger partial charge on any atom is -0.380 e. The third-order valence-electron chi connectivity index (χ3n) is 2.99. The fourth-order valence-corrected chi connectivity index (χ4v) is 1.87. The molecule has 4 N–H and O–H groups in total. The lowest BCUT2D eigenvalue weighted by atomic mass is 9.94. The van der Waals surface area contributed by atoms with E-state index in [1.165, 1.54) is 0 Å². The van der Waals surface area contributed by atoms with Crippen molar-refractivity contribution in [3.8, 4) is 12.3 Å². The second-order valence-corrected chi connectivity index (χ2v) is 4.72. The Balaban J connectivity index is 2.62. The third-order valence-corrected chi connectivity index (χ3v) is 2.99. The summed E-state index contributed by atoms with van der Waals surface area (Å²) in [5.74, 6) is 2.38. The first-order valence-corrected chi connectivity index (χ1v) is 6.18. The van der Waals surface area contributed by atoms with E-state index in [1.54, 1.807) is 0 Å². The Bertz CT molecular complexity index is 409. The van der Waals surface area contributed by atoms with Crippen molar-refractivity contribution in [2.24, 2.45) is 11.7 Å². The molecule has 3 unspecified atom stereocenters. The molecule has 3 nitrogen and oxygen atoms in total. The molecule has 0 aliphatic heterocycles. The number of terminal acetylenes is 1. The minimum atomic E-state index is -0.768. The molecule has 3 heteroatoms. The van der Waals surface area contributed by atoms with Gasteiger partial charge in [0.15, 0.2) is 0 Å². The normalized spacial score (nSPS) is 15.7. The summed E-state index contributed by atoms with van der Waals surface area (Å²) in [6.07, 6.45) is 5.75. The Hall–Kier alpha value is -1.34. The van der Waals surface area contributed by atoms with Crippen LogP contribution in [0.4, 0.5) is 0 Å². The minimum absolute atomic E-state index is 0.0327. The maximum atomic E-state index is 9.55.